The van der Waals surface area contributed by atoms with Crippen LogP contribution in [0, 0.1) is 5.92 Å². The quantitative estimate of drug-likeness (QED) is 0.285. The predicted molar refractivity (Wildman–Crippen MR) is 140 cm³/mol. The van der Waals surface area contributed by atoms with Crippen LogP contribution < -0.4 is 0 Å². The maximum atomic E-state index is 13.9. The Kier molecular flexibility index (Phi) is 7.00. The minimum atomic E-state index is -3.86. The lowest BCUT2D eigenvalue weighted by molar-refractivity contribution is -0.132. The Hall–Kier alpha value is -3.00. The van der Waals surface area contributed by atoms with E-state index in [9.17, 15) is 13.2 Å². The number of hydrogen-bond donors (Lipinski definition) is 0. The van der Waals surface area contributed by atoms with Gasteiger partial charge in [-0.2, -0.15) is 4.31 Å². The van der Waals surface area contributed by atoms with E-state index in [0.29, 0.717) is 30.9 Å². The Morgan fingerprint density at radius 3 is 2.34 bits per heavy atom. The second-order valence-electron chi connectivity index (χ2n) is 9.03. The molecule has 5 nitrogen and oxygen atoms in total. The first kappa shape index (κ1) is 23.7. The molecule has 1 fully saturated rings. The number of hydrogen-bond acceptors (Lipinski definition) is 4. The van der Waals surface area contributed by atoms with Crippen LogP contribution in [-0.2, 0) is 27.9 Å². The monoisotopic (exact) mass is 504 g/mol. The van der Waals surface area contributed by atoms with E-state index >= 15 is 0 Å². The molecule has 5 rings (SSSR count). The van der Waals surface area contributed by atoms with Crippen molar-refractivity contribution in [2.45, 2.75) is 30.8 Å². The highest BCUT2D eigenvalue weighted by molar-refractivity contribution is 7.89. The lowest BCUT2D eigenvalue weighted by atomic mass is 10.1. The van der Waals surface area contributed by atoms with Gasteiger partial charge in [0, 0.05) is 23.4 Å². The molecule has 180 valence electrons. The maximum absolute atomic E-state index is 13.9. The SMILES string of the molecule is O=C(CN(CC1CC1)S(=O)(=O)c1cccc2ccccc12)N(Cc1ccccc1)Cc1cccs1. The van der Waals surface area contributed by atoms with Gasteiger partial charge in [-0.3, -0.25) is 4.79 Å². The van der Waals surface area contributed by atoms with Crippen LogP contribution in [0.3, 0.4) is 0 Å². The zero-order chi connectivity index (χ0) is 24.3. The van der Waals surface area contributed by atoms with Crippen molar-refractivity contribution >= 4 is 38.0 Å². The summed E-state index contributed by atoms with van der Waals surface area (Å²) in [6, 6.07) is 26.6. The Bertz CT molecular complexity index is 1390. The number of nitrogens with zero attached hydrogens (tertiary/aromatic N) is 2. The second-order valence-corrected chi connectivity index (χ2v) is 12.0. The molecule has 0 bridgehead atoms. The Morgan fingerprint density at radius 1 is 0.857 bits per heavy atom. The van der Waals surface area contributed by atoms with Gasteiger partial charge in [0.1, 0.15) is 0 Å². The fourth-order valence-electron chi connectivity index (χ4n) is 4.27. The van der Waals surface area contributed by atoms with Gasteiger partial charge >= 0.3 is 0 Å². The summed E-state index contributed by atoms with van der Waals surface area (Å²) in [4.78, 5) is 16.7. The summed E-state index contributed by atoms with van der Waals surface area (Å²) in [5, 5.41) is 3.54. The van der Waals surface area contributed by atoms with Crippen molar-refractivity contribution in [1.82, 2.24) is 9.21 Å². The van der Waals surface area contributed by atoms with E-state index in [1.54, 1.807) is 28.4 Å². The first-order valence-corrected chi connectivity index (χ1v) is 14.1. The van der Waals surface area contributed by atoms with Crippen LogP contribution in [0.2, 0.25) is 0 Å². The number of sulfonamides is 1. The number of amides is 1. The van der Waals surface area contributed by atoms with E-state index in [0.717, 1.165) is 28.7 Å². The summed E-state index contributed by atoms with van der Waals surface area (Å²) in [5.41, 5.74) is 1.02. The first-order chi connectivity index (χ1) is 17.0. The van der Waals surface area contributed by atoms with Crippen LogP contribution in [0.5, 0.6) is 0 Å². The predicted octanol–water partition coefficient (Wildman–Crippen LogP) is 5.53. The van der Waals surface area contributed by atoms with Crippen LogP contribution in [0.25, 0.3) is 10.8 Å². The summed E-state index contributed by atoms with van der Waals surface area (Å²) in [5.74, 6) is 0.124. The number of fused-ring (bicyclic) bond motifs is 1. The Morgan fingerprint density at radius 2 is 1.60 bits per heavy atom. The second kappa shape index (κ2) is 10.3. The summed E-state index contributed by atoms with van der Waals surface area (Å²) in [7, 11) is -3.86. The third-order valence-corrected chi connectivity index (χ3v) is 9.06. The highest BCUT2D eigenvalue weighted by Gasteiger charge is 2.34. The fraction of sp³-hybridized carbons (Fsp3) is 0.250. The molecular weight excluding hydrogens is 476 g/mol. The molecular formula is C28H28N2O3S2. The van der Waals surface area contributed by atoms with Crippen molar-refractivity contribution in [3.63, 3.8) is 0 Å². The lowest BCUT2D eigenvalue weighted by Gasteiger charge is -2.27. The van der Waals surface area contributed by atoms with Gasteiger partial charge in [-0.15, -0.1) is 11.3 Å². The van der Waals surface area contributed by atoms with Gasteiger partial charge in [-0.05, 0) is 47.2 Å². The summed E-state index contributed by atoms with van der Waals surface area (Å²) in [6.07, 6.45) is 2.00. The van der Waals surface area contributed by atoms with Crippen molar-refractivity contribution in [2.75, 3.05) is 13.1 Å². The van der Waals surface area contributed by atoms with E-state index in [1.165, 1.54) is 4.31 Å². The molecule has 0 aliphatic heterocycles. The minimum absolute atomic E-state index is 0.166. The summed E-state index contributed by atoms with van der Waals surface area (Å²) < 4.78 is 29.2. The molecule has 1 aromatic heterocycles. The number of thiophene rings is 1. The molecule has 35 heavy (non-hydrogen) atoms. The first-order valence-electron chi connectivity index (χ1n) is 11.8. The van der Waals surface area contributed by atoms with Crippen molar-refractivity contribution in [2.24, 2.45) is 5.92 Å². The van der Waals surface area contributed by atoms with Gasteiger partial charge in [0.15, 0.2) is 0 Å². The van der Waals surface area contributed by atoms with Gasteiger partial charge in [0.25, 0.3) is 0 Å². The fourth-order valence-corrected chi connectivity index (χ4v) is 6.67. The average Bonchev–Trinajstić information content (AvgIpc) is 3.55. The van der Waals surface area contributed by atoms with Gasteiger partial charge in [-0.25, -0.2) is 8.42 Å². The standard InChI is InChI=1S/C28H28N2O3S2/c31-28(29(20-25-12-7-17-34-25)18-22-8-2-1-3-9-22)21-30(19-23-15-16-23)35(32,33)27-14-6-11-24-10-4-5-13-26(24)27/h1-14,17,23H,15-16,18-21H2. The minimum Gasteiger partial charge on any atom is -0.332 e. The van der Waals surface area contributed by atoms with Crippen molar-refractivity contribution in [1.29, 1.82) is 0 Å². The van der Waals surface area contributed by atoms with Crippen molar-refractivity contribution in [3.05, 3.63) is 101 Å². The molecule has 1 saturated carbocycles. The number of carbonyl (C=O) groups is 1. The third kappa shape index (κ3) is 5.64. The number of benzene rings is 3. The Balaban J connectivity index is 1.44. The van der Waals surface area contributed by atoms with E-state index in [4.69, 9.17) is 0 Å². The van der Waals surface area contributed by atoms with E-state index in [2.05, 4.69) is 0 Å². The molecule has 1 aliphatic rings. The highest BCUT2D eigenvalue weighted by atomic mass is 32.2. The molecule has 0 atom stereocenters. The molecule has 0 unspecified atom stereocenters. The molecule has 7 heteroatoms. The van der Waals surface area contributed by atoms with Crippen molar-refractivity contribution < 1.29 is 13.2 Å². The van der Waals surface area contributed by atoms with Gasteiger partial charge in [0.2, 0.25) is 15.9 Å². The van der Waals surface area contributed by atoms with Gasteiger partial charge < -0.3 is 4.90 Å². The zero-order valence-electron chi connectivity index (χ0n) is 19.4. The number of carbonyl (C=O) groups excluding carboxylic acids is 1. The largest absolute Gasteiger partial charge is 0.332 e. The molecule has 1 amide bonds. The van der Waals surface area contributed by atoms with Crippen LogP contribution in [-0.4, -0.2) is 36.6 Å². The molecule has 1 aliphatic carbocycles. The van der Waals surface area contributed by atoms with Crippen molar-refractivity contribution in [3.8, 4) is 0 Å². The van der Waals surface area contributed by atoms with Crippen LogP contribution in [0.4, 0.5) is 0 Å². The topological polar surface area (TPSA) is 57.7 Å². The van der Waals surface area contributed by atoms with E-state index in [-0.39, 0.29) is 17.3 Å². The molecule has 0 spiro atoms. The maximum Gasteiger partial charge on any atom is 0.244 e. The molecule has 4 aromatic rings. The summed E-state index contributed by atoms with van der Waals surface area (Å²) in [6.45, 7) is 1.09. The van der Waals surface area contributed by atoms with Crippen LogP contribution in [0.15, 0.2) is 95.2 Å². The lowest BCUT2D eigenvalue weighted by Crippen LogP contribution is -2.43. The molecule has 0 saturated heterocycles. The third-order valence-electron chi connectivity index (χ3n) is 6.33. The van der Waals surface area contributed by atoms with Crippen LogP contribution >= 0.6 is 11.3 Å². The van der Waals surface area contributed by atoms with Gasteiger partial charge in [-0.1, -0.05) is 72.8 Å². The molecule has 3 aromatic carbocycles. The normalized spacial score (nSPS) is 13.9. The van der Waals surface area contributed by atoms with Crippen LogP contribution in [0.1, 0.15) is 23.3 Å². The molecule has 0 radical (unpaired) electrons. The van der Waals surface area contributed by atoms with E-state index in [1.807, 2.05) is 78.2 Å². The Labute approximate surface area is 210 Å². The van der Waals surface area contributed by atoms with Gasteiger partial charge in [0.05, 0.1) is 18.0 Å². The zero-order valence-corrected chi connectivity index (χ0v) is 21.0. The smallest absolute Gasteiger partial charge is 0.244 e. The molecule has 1 heterocycles. The molecule has 0 N–H and O–H groups in total. The average molecular weight is 505 g/mol. The van der Waals surface area contributed by atoms with E-state index < -0.39 is 10.0 Å². The summed E-state index contributed by atoms with van der Waals surface area (Å²) >= 11 is 1.60. The number of rotatable bonds is 10. The highest BCUT2D eigenvalue weighted by Crippen LogP contribution is 2.33.